The van der Waals surface area contributed by atoms with Gasteiger partial charge in [0.15, 0.2) is 0 Å². The van der Waals surface area contributed by atoms with Gasteiger partial charge in [-0.25, -0.2) is 0 Å². The molecule has 20 heavy (non-hydrogen) atoms. The Kier molecular flexibility index (Phi) is 5.58. The Morgan fingerprint density at radius 1 is 1.35 bits per heavy atom. The highest BCUT2D eigenvalue weighted by Crippen LogP contribution is 2.26. The fourth-order valence-electron chi connectivity index (χ4n) is 3.28. The molecule has 3 nitrogen and oxygen atoms in total. The fraction of sp³-hybridized carbons (Fsp3) is 0.647. The summed E-state index contributed by atoms with van der Waals surface area (Å²) in [5, 5.41) is 3.49. The number of nitrogens with one attached hydrogen (secondary N) is 1. The van der Waals surface area contributed by atoms with Gasteiger partial charge in [-0.2, -0.15) is 0 Å². The van der Waals surface area contributed by atoms with E-state index in [9.17, 15) is 0 Å². The first-order valence-corrected chi connectivity index (χ1v) is 7.62. The zero-order valence-electron chi connectivity index (χ0n) is 13.2. The molecule has 2 rings (SSSR count). The van der Waals surface area contributed by atoms with Crippen molar-refractivity contribution in [3.8, 4) is 0 Å². The van der Waals surface area contributed by atoms with Gasteiger partial charge in [-0.05, 0) is 45.3 Å². The van der Waals surface area contributed by atoms with Gasteiger partial charge < -0.3 is 10.1 Å². The molecule has 1 aromatic carbocycles. The molecule has 0 bridgehead atoms. The topological polar surface area (TPSA) is 24.5 Å². The van der Waals surface area contributed by atoms with E-state index in [1.54, 1.807) is 7.11 Å². The van der Waals surface area contributed by atoms with Gasteiger partial charge in [0.05, 0.1) is 6.61 Å². The molecule has 1 heterocycles. The summed E-state index contributed by atoms with van der Waals surface area (Å²) in [5.41, 5.74) is 2.69. The first kappa shape index (κ1) is 15.5. The Morgan fingerprint density at radius 3 is 2.65 bits per heavy atom. The van der Waals surface area contributed by atoms with Crippen molar-refractivity contribution in [2.24, 2.45) is 5.92 Å². The molecule has 112 valence electrons. The van der Waals surface area contributed by atoms with Gasteiger partial charge in [0.2, 0.25) is 0 Å². The van der Waals surface area contributed by atoms with E-state index in [0.717, 1.165) is 13.2 Å². The van der Waals surface area contributed by atoms with Crippen molar-refractivity contribution in [3.05, 3.63) is 35.4 Å². The van der Waals surface area contributed by atoms with E-state index in [2.05, 4.69) is 55.4 Å². The van der Waals surface area contributed by atoms with E-state index in [0.29, 0.717) is 18.0 Å². The minimum absolute atomic E-state index is 0.386. The minimum Gasteiger partial charge on any atom is -0.384 e. The van der Waals surface area contributed by atoms with Crippen LogP contribution in [0.3, 0.4) is 0 Å². The highest BCUT2D eigenvalue weighted by atomic mass is 16.5. The molecule has 1 aliphatic rings. The molecule has 1 aliphatic heterocycles. The van der Waals surface area contributed by atoms with Crippen molar-refractivity contribution in [1.82, 2.24) is 10.2 Å². The van der Waals surface area contributed by atoms with E-state index in [-0.39, 0.29) is 0 Å². The molecular formula is C17H28N2O. The van der Waals surface area contributed by atoms with Gasteiger partial charge >= 0.3 is 0 Å². The fourth-order valence-corrected chi connectivity index (χ4v) is 3.28. The van der Waals surface area contributed by atoms with Gasteiger partial charge in [-0.1, -0.05) is 29.8 Å². The summed E-state index contributed by atoms with van der Waals surface area (Å²) in [5.74, 6) is 0.693. The van der Waals surface area contributed by atoms with E-state index < -0.39 is 0 Å². The summed E-state index contributed by atoms with van der Waals surface area (Å²) in [6.07, 6.45) is 1.25. The molecule has 1 aromatic rings. The van der Waals surface area contributed by atoms with Gasteiger partial charge in [-0.15, -0.1) is 0 Å². The molecule has 0 spiro atoms. The lowest BCUT2D eigenvalue weighted by molar-refractivity contribution is 0.143. The van der Waals surface area contributed by atoms with Crippen LogP contribution in [0.15, 0.2) is 24.3 Å². The number of hydrogen-bond acceptors (Lipinski definition) is 3. The third kappa shape index (κ3) is 3.60. The third-order valence-corrected chi connectivity index (χ3v) is 4.53. The zero-order chi connectivity index (χ0) is 14.5. The van der Waals surface area contributed by atoms with Crippen LogP contribution in [-0.2, 0) is 4.74 Å². The van der Waals surface area contributed by atoms with Gasteiger partial charge in [0.1, 0.15) is 0 Å². The van der Waals surface area contributed by atoms with Crippen LogP contribution in [0.4, 0.5) is 0 Å². The number of benzene rings is 1. The van der Waals surface area contributed by atoms with Crippen molar-refractivity contribution in [2.45, 2.75) is 32.4 Å². The van der Waals surface area contributed by atoms with Crippen molar-refractivity contribution in [2.75, 3.05) is 33.9 Å². The van der Waals surface area contributed by atoms with Crippen molar-refractivity contribution in [3.63, 3.8) is 0 Å². The first-order chi connectivity index (χ1) is 9.65. The van der Waals surface area contributed by atoms with Crippen LogP contribution in [0.5, 0.6) is 0 Å². The number of methoxy groups -OCH3 is 1. The third-order valence-electron chi connectivity index (χ3n) is 4.53. The quantitative estimate of drug-likeness (QED) is 0.864. The summed E-state index contributed by atoms with van der Waals surface area (Å²) in [7, 11) is 3.86. The Bertz CT molecular complexity index is 404. The average molecular weight is 276 g/mol. The number of likely N-dealkylation sites (N-methyl/N-ethyl adjacent to an activating group) is 1. The molecule has 0 amide bonds. The molecule has 1 fully saturated rings. The van der Waals surface area contributed by atoms with Crippen LogP contribution in [0, 0.1) is 12.8 Å². The average Bonchev–Trinajstić information content (AvgIpc) is 2.90. The Morgan fingerprint density at radius 2 is 2.05 bits per heavy atom. The number of hydrogen-bond donors (Lipinski definition) is 1. The monoisotopic (exact) mass is 276 g/mol. The summed E-state index contributed by atoms with van der Waals surface area (Å²) < 4.78 is 5.30. The van der Waals surface area contributed by atoms with Crippen molar-refractivity contribution < 1.29 is 4.74 Å². The maximum atomic E-state index is 5.30. The van der Waals surface area contributed by atoms with E-state index >= 15 is 0 Å². The predicted octanol–water partition coefficient (Wildman–Crippen LogP) is 2.61. The van der Waals surface area contributed by atoms with Crippen molar-refractivity contribution >= 4 is 0 Å². The second kappa shape index (κ2) is 7.21. The van der Waals surface area contributed by atoms with E-state index in [1.807, 2.05) is 0 Å². The van der Waals surface area contributed by atoms with Crippen LogP contribution >= 0.6 is 0 Å². The van der Waals surface area contributed by atoms with Gasteiger partial charge in [0, 0.05) is 25.7 Å². The first-order valence-electron chi connectivity index (χ1n) is 7.62. The van der Waals surface area contributed by atoms with Crippen LogP contribution in [-0.4, -0.2) is 44.8 Å². The lowest BCUT2D eigenvalue weighted by atomic mass is 9.98. The Hall–Kier alpha value is -0.900. The standard InChI is InChI=1S/C17H28N2O/c1-13-5-7-16(8-6-13)17(18-3)14(2)19-10-9-15(11-19)12-20-4/h5-8,14-15,17-18H,9-12H2,1-4H3. The van der Waals surface area contributed by atoms with Crippen LogP contribution in [0.25, 0.3) is 0 Å². The van der Waals surface area contributed by atoms with Gasteiger partial charge in [0.25, 0.3) is 0 Å². The molecule has 0 saturated carbocycles. The largest absolute Gasteiger partial charge is 0.384 e. The minimum atomic E-state index is 0.386. The van der Waals surface area contributed by atoms with Gasteiger partial charge in [-0.3, -0.25) is 4.90 Å². The number of aryl methyl sites for hydroxylation is 1. The molecule has 0 radical (unpaired) electrons. The van der Waals surface area contributed by atoms with E-state index in [4.69, 9.17) is 4.74 Å². The van der Waals surface area contributed by atoms with Crippen LogP contribution < -0.4 is 5.32 Å². The smallest absolute Gasteiger partial charge is 0.0503 e. The van der Waals surface area contributed by atoms with Crippen molar-refractivity contribution in [1.29, 1.82) is 0 Å². The number of rotatable bonds is 6. The Labute approximate surface area is 123 Å². The molecular weight excluding hydrogens is 248 g/mol. The summed E-state index contributed by atoms with van der Waals surface area (Å²) in [6.45, 7) is 7.68. The maximum absolute atomic E-state index is 5.30. The number of nitrogens with zero attached hydrogens (tertiary/aromatic N) is 1. The summed E-state index contributed by atoms with van der Waals surface area (Å²) in [6, 6.07) is 9.78. The number of ether oxygens (including phenoxy) is 1. The zero-order valence-corrected chi connectivity index (χ0v) is 13.2. The summed E-state index contributed by atoms with van der Waals surface area (Å²) >= 11 is 0. The maximum Gasteiger partial charge on any atom is 0.0503 e. The lowest BCUT2D eigenvalue weighted by Gasteiger charge is -2.32. The normalized spacial score (nSPS) is 22.9. The second-order valence-corrected chi connectivity index (χ2v) is 6.02. The number of likely N-dealkylation sites (tertiary alicyclic amines) is 1. The molecule has 1 saturated heterocycles. The lowest BCUT2D eigenvalue weighted by Crippen LogP contribution is -2.41. The Balaban J connectivity index is 2.02. The molecule has 3 atom stereocenters. The highest BCUT2D eigenvalue weighted by Gasteiger charge is 2.30. The molecule has 0 aliphatic carbocycles. The second-order valence-electron chi connectivity index (χ2n) is 6.02. The van der Waals surface area contributed by atoms with Crippen LogP contribution in [0.1, 0.15) is 30.5 Å². The highest BCUT2D eigenvalue weighted by molar-refractivity contribution is 5.25. The predicted molar refractivity (Wildman–Crippen MR) is 84.0 cm³/mol. The van der Waals surface area contributed by atoms with Crippen LogP contribution in [0.2, 0.25) is 0 Å². The molecule has 3 unspecified atom stereocenters. The van der Waals surface area contributed by atoms with E-state index in [1.165, 1.54) is 24.1 Å². The summed E-state index contributed by atoms with van der Waals surface area (Å²) in [4.78, 5) is 2.59. The molecule has 0 aromatic heterocycles. The molecule has 3 heteroatoms. The SMILES string of the molecule is CNC(c1ccc(C)cc1)C(C)N1CCC(COC)C1. The molecule has 1 N–H and O–H groups in total.